The van der Waals surface area contributed by atoms with Crippen LogP contribution in [0, 0.1) is 5.92 Å². The number of hydrogen-bond donors (Lipinski definition) is 1. The number of carbonyl (C=O) groups excluding carboxylic acids is 1. The molecule has 2 rings (SSSR count). The number of rotatable bonds is 1. The number of carbonyl (C=O) groups is 2. The summed E-state index contributed by atoms with van der Waals surface area (Å²) in [5.41, 5.74) is 0. The highest BCUT2D eigenvalue weighted by Gasteiger charge is 2.30. The van der Waals surface area contributed by atoms with Crippen molar-refractivity contribution in [3.63, 3.8) is 0 Å². The lowest BCUT2D eigenvalue weighted by atomic mass is 9.97. The van der Waals surface area contributed by atoms with Gasteiger partial charge in [0.25, 0.3) is 0 Å². The van der Waals surface area contributed by atoms with Gasteiger partial charge in [-0.3, -0.25) is 4.79 Å². The van der Waals surface area contributed by atoms with Gasteiger partial charge >= 0.3 is 12.0 Å². The molecule has 0 aliphatic carbocycles. The third-order valence-electron chi connectivity index (χ3n) is 3.89. The standard InChI is InChI=1S/C12H21N3O3/c1-13-6-8-15(9-7-13)12(18)14-4-2-10(3-5-14)11(16)17/h10H,2-9H2,1H3,(H,16,17). The first kappa shape index (κ1) is 13.1. The van der Waals surface area contributed by atoms with Crippen molar-refractivity contribution in [2.24, 2.45) is 5.92 Å². The van der Waals surface area contributed by atoms with Crippen molar-refractivity contribution < 1.29 is 14.7 Å². The molecule has 0 aromatic heterocycles. The number of piperazine rings is 1. The van der Waals surface area contributed by atoms with E-state index >= 15 is 0 Å². The Bertz CT molecular complexity index is 319. The van der Waals surface area contributed by atoms with E-state index in [0.717, 1.165) is 26.2 Å². The number of hydrogen-bond acceptors (Lipinski definition) is 3. The predicted octanol–water partition coefficient (Wildman–Crippen LogP) is 0.150. The minimum absolute atomic E-state index is 0.0759. The summed E-state index contributed by atoms with van der Waals surface area (Å²) in [6.07, 6.45) is 1.16. The molecule has 0 aromatic carbocycles. The van der Waals surface area contributed by atoms with Gasteiger partial charge in [-0.25, -0.2) is 4.79 Å². The van der Waals surface area contributed by atoms with Crippen LogP contribution in [0.3, 0.4) is 0 Å². The molecule has 102 valence electrons. The van der Waals surface area contributed by atoms with E-state index in [0.29, 0.717) is 25.9 Å². The fraction of sp³-hybridized carbons (Fsp3) is 0.833. The molecular weight excluding hydrogens is 234 g/mol. The number of nitrogens with zero attached hydrogens (tertiary/aromatic N) is 3. The van der Waals surface area contributed by atoms with Crippen LogP contribution in [0.4, 0.5) is 4.79 Å². The van der Waals surface area contributed by atoms with E-state index in [1.165, 1.54) is 0 Å². The number of likely N-dealkylation sites (N-methyl/N-ethyl adjacent to an activating group) is 1. The number of carboxylic acid groups (broad SMARTS) is 1. The average molecular weight is 255 g/mol. The molecule has 0 aromatic rings. The van der Waals surface area contributed by atoms with Gasteiger partial charge in [0.1, 0.15) is 0 Å². The minimum atomic E-state index is -0.735. The number of amides is 2. The summed E-state index contributed by atoms with van der Waals surface area (Å²) in [4.78, 5) is 29.0. The van der Waals surface area contributed by atoms with Gasteiger partial charge < -0.3 is 19.8 Å². The van der Waals surface area contributed by atoms with Crippen LogP contribution >= 0.6 is 0 Å². The molecule has 0 spiro atoms. The van der Waals surface area contributed by atoms with Crippen LogP contribution in [0.15, 0.2) is 0 Å². The van der Waals surface area contributed by atoms with Gasteiger partial charge in [0.2, 0.25) is 0 Å². The van der Waals surface area contributed by atoms with Gasteiger partial charge in [-0.05, 0) is 19.9 Å². The topological polar surface area (TPSA) is 64.1 Å². The maximum Gasteiger partial charge on any atom is 0.320 e. The van der Waals surface area contributed by atoms with Crippen LogP contribution < -0.4 is 0 Å². The molecule has 0 radical (unpaired) electrons. The molecule has 0 saturated carbocycles. The molecule has 0 unspecified atom stereocenters. The summed E-state index contributed by atoms with van der Waals surface area (Å²) in [5, 5.41) is 8.92. The van der Waals surface area contributed by atoms with Gasteiger partial charge in [0.15, 0.2) is 0 Å². The molecule has 6 nitrogen and oxygen atoms in total. The van der Waals surface area contributed by atoms with Crippen molar-refractivity contribution in [1.82, 2.24) is 14.7 Å². The van der Waals surface area contributed by atoms with E-state index in [-0.39, 0.29) is 11.9 Å². The first-order valence-corrected chi connectivity index (χ1v) is 6.53. The predicted molar refractivity (Wildman–Crippen MR) is 66.4 cm³/mol. The van der Waals surface area contributed by atoms with Crippen LogP contribution in [-0.4, -0.2) is 78.1 Å². The molecule has 6 heteroatoms. The maximum absolute atomic E-state index is 12.2. The summed E-state index contributed by atoms with van der Waals surface area (Å²) in [7, 11) is 2.06. The SMILES string of the molecule is CN1CCN(C(=O)N2CCC(C(=O)O)CC2)CC1. The molecule has 2 aliphatic heterocycles. The summed E-state index contributed by atoms with van der Waals surface area (Å²) in [5.74, 6) is -1.01. The second-order valence-electron chi connectivity index (χ2n) is 5.17. The summed E-state index contributed by atoms with van der Waals surface area (Å²) in [6, 6.07) is 0.0759. The second kappa shape index (κ2) is 5.56. The molecule has 2 fully saturated rings. The Hall–Kier alpha value is -1.30. The van der Waals surface area contributed by atoms with Gasteiger partial charge in [0, 0.05) is 39.3 Å². The quantitative estimate of drug-likeness (QED) is 0.724. The fourth-order valence-corrected chi connectivity index (χ4v) is 2.52. The van der Waals surface area contributed by atoms with E-state index in [2.05, 4.69) is 11.9 Å². The van der Waals surface area contributed by atoms with E-state index < -0.39 is 5.97 Å². The number of carboxylic acids is 1. The average Bonchev–Trinajstić information content (AvgIpc) is 2.39. The lowest BCUT2D eigenvalue weighted by molar-refractivity contribution is -0.143. The van der Waals surface area contributed by atoms with Crippen molar-refractivity contribution in [1.29, 1.82) is 0 Å². The van der Waals surface area contributed by atoms with E-state index in [9.17, 15) is 9.59 Å². The Morgan fingerprint density at radius 1 is 0.944 bits per heavy atom. The highest BCUT2D eigenvalue weighted by atomic mass is 16.4. The zero-order valence-corrected chi connectivity index (χ0v) is 10.8. The van der Waals surface area contributed by atoms with Crippen molar-refractivity contribution >= 4 is 12.0 Å². The van der Waals surface area contributed by atoms with Crippen LogP contribution in [0.1, 0.15) is 12.8 Å². The molecule has 2 saturated heterocycles. The number of aliphatic carboxylic acids is 1. The number of urea groups is 1. The van der Waals surface area contributed by atoms with Crippen LogP contribution in [0.2, 0.25) is 0 Å². The molecule has 18 heavy (non-hydrogen) atoms. The van der Waals surface area contributed by atoms with Crippen LogP contribution in [0.5, 0.6) is 0 Å². The first-order valence-electron chi connectivity index (χ1n) is 6.53. The molecule has 0 atom stereocenters. The summed E-state index contributed by atoms with van der Waals surface area (Å²) < 4.78 is 0. The van der Waals surface area contributed by atoms with Crippen molar-refractivity contribution in [3.05, 3.63) is 0 Å². The Balaban J connectivity index is 1.82. The van der Waals surface area contributed by atoms with E-state index in [1.54, 1.807) is 4.90 Å². The monoisotopic (exact) mass is 255 g/mol. The normalized spacial score (nSPS) is 23.2. The second-order valence-corrected chi connectivity index (χ2v) is 5.17. The Morgan fingerprint density at radius 3 is 1.94 bits per heavy atom. The molecule has 2 amide bonds. The van der Waals surface area contributed by atoms with Gasteiger partial charge in [-0.1, -0.05) is 0 Å². The maximum atomic E-state index is 12.2. The van der Waals surface area contributed by atoms with Gasteiger partial charge in [-0.15, -0.1) is 0 Å². The van der Waals surface area contributed by atoms with Gasteiger partial charge in [-0.2, -0.15) is 0 Å². The zero-order chi connectivity index (χ0) is 13.1. The lowest BCUT2D eigenvalue weighted by Gasteiger charge is -2.38. The van der Waals surface area contributed by atoms with Crippen molar-refractivity contribution in [2.45, 2.75) is 12.8 Å². The number of piperidine rings is 1. The Labute approximate surface area is 107 Å². The van der Waals surface area contributed by atoms with Gasteiger partial charge in [0.05, 0.1) is 5.92 Å². The highest BCUT2D eigenvalue weighted by Crippen LogP contribution is 2.18. The van der Waals surface area contributed by atoms with Crippen molar-refractivity contribution in [2.75, 3.05) is 46.3 Å². The third kappa shape index (κ3) is 2.93. The number of likely N-dealkylation sites (tertiary alicyclic amines) is 1. The fourth-order valence-electron chi connectivity index (χ4n) is 2.52. The smallest absolute Gasteiger partial charge is 0.320 e. The highest BCUT2D eigenvalue weighted by molar-refractivity contribution is 5.75. The summed E-state index contributed by atoms with van der Waals surface area (Å²) in [6.45, 7) is 4.52. The lowest BCUT2D eigenvalue weighted by Crippen LogP contribution is -2.53. The van der Waals surface area contributed by atoms with Crippen molar-refractivity contribution in [3.8, 4) is 0 Å². The molecule has 1 N–H and O–H groups in total. The molecule has 2 heterocycles. The Morgan fingerprint density at radius 2 is 1.44 bits per heavy atom. The largest absolute Gasteiger partial charge is 0.481 e. The van der Waals surface area contributed by atoms with E-state index in [4.69, 9.17) is 5.11 Å². The Kier molecular flexibility index (Phi) is 4.06. The first-order chi connectivity index (χ1) is 8.58. The zero-order valence-electron chi connectivity index (χ0n) is 10.8. The molecule has 0 bridgehead atoms. The molecule has 2 aliphatic rings. The minimum Gasteiger partial charge on any atom is -0.481 e. The van der Waals surface area contributed by atoms with Crippen LogP contribution in [-0.2, 0) is 4.79 Å². The summed E-state index contributed by atoms with van der Waals surface area (Å²) >= 11 is 0. The third-order valence-corrected chi connectivity index (χ3v) is 3.89. The van der Waals surface area contributed by atoms with E-state index in [1.807, 2.05) is 4.90 Å². The van der Waals surface area contributed by atoms with Crippen LogP contribution in [0.25, 0.3) is 0 Å². The molecular formula is C12H21N3O3.